The van der Waals surface area contributed by atoms with Crippen LogP contribution in [0, 0.1) is 17.0 Å². The van der Waals surface area contributed by atoms with Crippen LogP contribution in [0.5, 0.6) is 0 Å². The quantitative estimate of drug-likeness (QED) is 0.249. The van der Waals surface area contributed by atoms with E-state index in [1.54, 1.807) is 11.0 Å². The number of hydrogen-bond acceptors (Lipinski definition) is 7. The molecular formula is C22H26F2N4O4. The number of ether oxygens (including phenoxy) is 3. The Morgan fingerprint density at radius 3 is 2.53 bits per heavy atom. The average Bonchev–Trinajstić information content (AvgIpc) is 2.71. The fourth-order valence-electron chi connectivity index (χ4n) is 3.53. The summed E-state index contributed by atoms with van der Waals surface area (Å²) in [6, 6.07) is 5.74. The van der Waals surface area contributed by atoms with E-state index in [2.05, 4.69) is 4.98 Å². The van der Waals surface area contributed by atoms with Crippen molar-refractivity contribution in [3.8, 4) is 11.1 Å². The van der Waals surface area contributed by atoms with Crippen molar-refractivity contribution in [2.75, 3.05) is 31.2 Å². The Balaban J connectivity index is 1.74. The van der Waals surface area contributed by atoms with Gasteiger partial charge in [-0.05, 0) is 19.9 Å². The summed E-state index contributed by atoms with van der Waals surface area (Å²) < 4.78 is 46.1. The molecule has 0 bridgehead atoms. The third-order valence-corrected chi connectivity index (χ3v) is 4.91. The average molecular weight is 448 g/mol. The summed E-state index contributed by atoms with van der Waals surface area (Å²) in [7, 11) is 0. The van der Waals surface area contributed by atoms with Crippen molar-refractivity contribution in [3.05, 3.63) is 47.7 Å². The van der Waals surface area contributed by atoms with Gasteiger partial charge in [0.2, 0.25) is 5.79 Å². The lowest BCUT2D eigenvalue weighted by molar-refractivity contribution is -0.245. The van der Waals surface area contributed by atoms with Gasteiger partial charge in [0.25, 0.3) is 0 Å². The molecule has 0 amide bonds. The minimum absolute atomic E-state index is 0.116. The van der Waals surface area contributed by atoms with Crippen LogP contribution in [0.15, 0.2) is 30.5 Å². The maximum Gasteiger partial charge on any atom is 0.313 e. The Morgan fingerprint density at radius 2 is 1.94 bits per heavy atom. The molecule has 1 saturated heterocycles. The van der Waals surface area contributed by atoms with Crippen LogP contribution in [0.2, 0.25) is 0 Å². The number of carbonyl (C=O) groups is 1. The van der Waals surface area contributed by atoms with Crippen LogP contribution < -0.4 is 10.6 Å². The number of anilines is 1. The first kappa shape index (κ1) is 23.6. The molecular weight excluding hydrogens is 422 g/mol. The number of nitrogens with two attached hydrogens (primary N) is 1. The number of carbonyl (C=O) groups excluding carboxylic acids is 1. The number of benzene rings is 1. The highest BCUT2D eigenvalue weighted by atomic mass is 19.1. The van der Waals surface area contributed by atoms with Gasteiger partial charge >= 0.3 is 5.97 Å². The van der Waals surface area contributed by atoms with Crippen LogP contribution in [-0.4, -0.2) is 48.9 Å². The SMILES string of the molecule is CCOC1(OCC)CN(c2ncc(-c3cccc(COC(=O)CC(=N)N)c3F)cc2F)C1. The first-order valence-electron chi connectivity index (χ1n) is 10.2. The molecule has 1 aliphatic heterocycles. The third kappa shape index (κ3) is 5.20. The predicted octanol–water partition coefficient (Wildman–Crippen LogP) is 2.99. The number of nitrogens with one attached hydrogen (secondary N) is 1. The molecule has 3 rings (SSSR count). The zero-order valence-electron chi connectivity index (χ0n) is 18.0. The standard InChI is InChI=1S/C22H26F2N4O4/c1-3-31-22(32-4-2)12-28(13-22)21-17(23)8-15(10-27-21)16-7-5-6-14(20(16)24)11-30-19(29)9-18(25)26/h5-8,10H,3-4,9,11-13H2,1-2H3,(H3,25,26). The Labute approximate surface area is 184 Å². The summed E-state index contributed by atoms with van der Waals surface area (Å²) in [5.74, 6) is -2.94. The van der Waals surface area contributed by atoms with Crippen LogP contribution in [0.4, 0.5) is 14.6 Å². The molecule has 2 aromatic rings. The van der Waals surface area contributed by atoms with E-state index in [1.807, 2.05) is 13.8 Å². The van der Waals surface area contributed by atoms with E-state index in [-0.39, 0.29) is 41.4 Å². The fraction of sp³-hybridized carbons (Fsp3) is 0.409. The summed E-state index contributed by atoms with van der Waals surface area (Å²) in [5.41, 5.74) is 5.64. The Kier molecular flexibility index (Phi) is 7.37. The molecule has 0 radical (unpaired) electrons. The molecule has 0 unspecified atom stereocenters. The molecule has 1 fully saturated rings. The molecule has 0 saturated carbocycles. The van der Waals surface area contributed by atoms with Crippen molar-refractivity contribution >= 4 is 17.6 Å². The van der Waals surface area contributed by atoms with Gasteiger partial charge in [-0.2, -0.15) is 0 Å². The topological polar surface area (TPSA) is 111 Å². The van der Waals surface area contributed by atoms with Crippen molar-refractivity contribution in [2.24, 2.45) is 5.73 Å². The van der Waals surface area contributed by atoms with Gasteiger partial charge in [-0.15, -0.1) is 0 Å². The van der Waals surface area contributed by atoms with Crippen LogP contribution >= 0.6 is 0 Å². The smallest absolute Gasteiger partial charge is 0.313 e. The van der Waals surface area contributed by atoms with Gasteiger partial charge in [0.05, 0.1) is 13.1 Å². The second-order valence-electron chi connectivity index (χ2n) is 7.30. The molecule has 3 N–H and O–H groups in total. The lowest BCUT2D eigenvalue weighted by Crippen LogP contribution is -2.65. The molecule has 0 aliphatic carbocycles. The van der Waals surface area contributed by atoms with Gasteiger partial charge in [0.1, 0.15) is 24.7 Å². The number of nitrogens with zero attached hydrogens (tertiary/aromatic N) is 2. The number of halogens is 2. The van der Waals surface area contributed by atoms with Crippen molar-refractivity contribution in [1.29, 1.82) is 5.41 Å². The maximum absolute atomic E-state index is 15.0. The van der Waals surface area contributed by atoms with Gasteiger partial charge in [0, 0.05) is 36.1 Å². The number of pyridine rings is 1. The van der Waals surface area contributed by atoms with Gasteiger partial charge < -0.3 is 24.8 Å². The van der Waals surface area contributed by atoms with Gasteiger partial charge in [-0.1, -0.05) is 18.2 Å². The molecule has 172 valence electrons. The van der Waals surface area contributed by atoms with E-state index < -0.39 is 23.4 Å². The molecule has 2 heterocycles. The summed E-state index contributed by atoms with van der Waals surface area (Å²) >= 11 is 0. The highest BCUT2D eigenvalue weighted by molar-refractivity contribution is 5.94. The zero-order chi connectivity index (χ0) is 23.3. The lowest BCUT2D eigenvalue weighted by Gasteiger charge is -2.49. The van der Waals surface area contributed by atoms with Crippen LogP contribution in [-0.2, 0) is 25.6 Å². The Bertz CT molecular complexity index is 988. The highest BCUT2D eigenvalue weighted by Gasteiger charge is 2.46. The van der Waals surface area contributed by atoms with Crippen LogP contribution in [0.3, 0.4) is 0 Å². The lowest BCUT2D eigenvalue weighted by atomic mass is 10.0. The van der Waals surface area contributed by atoms with E-state index in [0.717, 1.165) is 0 Å². The van der Waals surface area contributed by atoms with E-state index in [0.29, 0.717) is 26.3 Å². The molecule has 10 heteroatoms. The number of amidine groups is 1. The summed E-state index contributed by atoms with van der Waals surface area (Å²) in [5, 5.41) is 7.09. The summed E-state index contributed by atoms with van der Waals surface area (Å²) in [6.07, 6.45) is 1.02. The molecule has 8 nitrogen and oxygen atoms in total. The Hall–Kier alpha value is -3.11. The number of rotatable bonds is 10. The largest absolute Gasteiger partial charge is 0.460 e. The predicted molar refractivity (Wildman–Crippen MR) is 114 cm³/mol. The van der Waals surface area contributed by atoms with Crippen LogP contribution in [0.25, 0.3) is 11.1 Å². The summed E-state index contributed by atoms with van der Waals surface area (Å²) in [4.78, 5) is 17.4. The molecule has 0 atom stereocenters. The van der Waals surface area contributed by atoms with E-state index in [9.17, 15) is 13.6 Å². The monoisotopic (exact) mass is 448 g/mol. The van der Waals surface area contributed by atoms with Gasteiger partial charge in [-0.3, -0.25) is 10.2 Å². The van der Waals surface area contributed by atoms with Gasteiger partial charge in [0.15, 0.2) is 11.6 Å². The van der Waals surface area contributed by atoms with Crippen molar-refractivity contribution in [1.82, 2.24) is 4.98 Å². The fourth-order valence-corrected chi connectivity index (χ4v) is 3.53. The molecule has 1 aromatic carbocycles. The third-order valence-electron chi connectivity index (χ3n) is 4.91. The second kappa shape index (κ2) is 10.0. The molecule has 1 aliphatic rings. The highest BCUT2D eigenvalue weighted by Crippen LogP contribution is 2.34. The minimum Gasteiger partial charge on any atom is -0.460 e. The maximum atomic E-state index is 15.0. The molecule has 1 aromatic heterocycles. The van der Waals surface area contributed by atoms with Gasteiger partial charge in [-0.25, -0.2) is 13.8 Å². The number of aromatic nitrogens is 1. The zero-order valence-corrected chi connectivity index (χ0v) is 18.0. The Morgan fingerprint density at radius 1 is 1.25 bits per heavy atom. The van der Waals surface area contributed by atoms with E-state index in [1.165, 1.54) is 24.4 Å². The van der Waals surface area contributed by atoms with Crippen LogP contribution in [0.1, 0.15) is 25.8 Å². The molecule has 32 heavy (non-hydrogen) atoms. The first-order chi connectivity index (χ1) is 15.3. The van der Waals surface area contributed by atoms with E-state index >= 15 is 0 Å². The van der Waals surface area contributed by atoms with Crippen molar-refractivity contribution in [3.63, 3.8) is 0 Å². The number of hydrogen-bond donors (Lipinski definition) is 2. The normalized spacial score (nSPS) is 14.7. The second-order valence-corrected chi connectivity index (χ2v) is 7.30. The first-order valence-corrected chi connectivity index (χ1v) is 10.2. The van der Waals surface area contributed by atoms with E-state index in [4.69, 9.17) is 25.4 Å². The van der Waals surface area contributed by atoms with Crippen molar-refractivity contribution < 1.29 is 27.8 Å². The number of esters is 1. The minimum atomic E-state index is -0.767. The summed E-state index contributed by atoms with van der Waals surface area (Å²) in [6.45, 7) is 5.03. The van der Waals surface area contributed by atoms with Crippen molar-refractivity contribution in [2.45, 2.75) is 32.7 Å². The molecule has 0 spiro atoms.